The molecule has 24 heavy (non-hydrogen) atoms. The Morgan fingerprint density at radius 1 is 1.38 bits per heavy atom. The first-order chi connectivity index (χ1) is 11.6. The summed E-state index contributed by atoms with van der Waals surface area (Å²) < 4.78 is 10.9. The molecule has 1 N–H and O–H groups in total. The van der Waals surface area contributed by atoms with E-state index >= 15 is 0 Å². The van der Waals surface area contributed by atoms with Crippen LogP contribution in [0.1, 0.15) is 17.0 Å². The summed E-state index contributed by atoms with van der Waals surface area (Å²) >= 11 is 0. The summed E-state index contributed by atoms with van der Waals surface area (Å²) in [6.45, 7) is 5.03. The summed E-state index contributed by atoms with van der Waals surface area (Å²) in [5.41, 5.74) is 2.38. The van der Waals surface area contributed by atoms with Crippen molar-refractivity contribution in [3.8, 4) is 11.5 Å². The van der Waals surface area contributed by atoms with Crippen molar-refractivity contribution in [1.82, 2.24) is 14.9 Å². The highest BCUT2D eigenvalue weighted by atomic mass is 16.5. The molecule has 7 nitrogen and oxygen atoms in total. The Bertz CT molecular complexity index is 763. The Morgan fingerprint density at radius 2 is 2.21 bits per heavy atom. The maximum atomic E-state index is 12.6. The van der Waals surface area contributed by atoms with Crippen LogP contribution in [0.5, 0.6) is 11.5 Å². The number of carbonyl (C=O) groups excluding carboxylic acids is 1. The smallest absolute Gasteiger partial charge is 0.323 e. The molecule has 2 aromatic rings. The van der Waals surface area contributed by atoms with Crippen molar-refractivity contribution in [1.29, 1.82) is 0 Å². The Kier molecular flexibility index (Phi) is 4.50. The van der Waals surface area contributed by atoms with E-state index in [1.54, 1.807) is 18.2 Å². The van der Waals surface area contributed by atoms with Crippen LogP contribution >= 0.6 is 0 Å². The molecule has 0 radical (unpaired) electrons. The number of aromatic nitrogens is 2. The van der Waals surface area contributed by atoms with Gasteiger partial charge in [-0.05, 0) is 26.0 Å². The Morgan fingerprint density at radius 3 is 3.00 bits per heavy atom. The maximum absolute atomic E-state index is 12.6. The lowest BCUT2D eigenvalue weighted by Gasteiger charge is -2.20. The van der Waals surface area contributed by atoms with Gasteiger partial charge in [-0.15, -0.1) is 0 Å². The number of fused-ring (bicyclic) bond motifs is 1. The van der Waals surface area contributed by atoms with Crippen LogP contribution in [0.2, 0.25) is 0 Å². The van der Waals surface area contributed by atoms with Gasteiger partial charge in [-0.3, -0.25) is 10.3 Å². The first-order valence-corrected chi connectivity index (χ1v) is 7.72. The minimum atomic E-state index is -0.217. The van der Waals surface area contributed by atoms with Crippen molar-refractivity contribution >= 4 is 11.8 Å². The Hall–Kier alpha value is -2.83. The first-order valence-electron chi connectivity index (χ1n) is 7.72. The van der Waals surface area contributed by atoms with Gasteiger partial charge in [0.2, 0.25) is 0 Å². The van der Waals surface area contributed by atoms with E-state index in [-0.39, 0.29) is 6.03 Å². The number of hydrogen-bond donors (Lipinski definition) is 1. The average Bonchev–Trinajstić information content (AvgIpc) is 2.79. The molecule has 1 aromatic heterocycles. The molecule has 2 amide bonds. The zero-order chi connectivity index (χ0) is 17.1. The van der Waals surface area contributed by atoms with Gasteiger partial charge in [0, 0.05) is 17.8 Å². The molecule has 1 aliphatic rings. The van der Waals surface area contributed by atoms with Crippen molar-refractivity contribution < 1.29 is 14.3 Å². The molecular weight excluding hydrogens is 308 g/mol. The molecule has 1 aromatic carbocycles. The van der Waals surface area contributed by atoms with Crippen molar-refractivity contribution in [3.05, 3.63) is 41.3 Å². The zero-order valence-corrected chi connectivity index (χ0v) is 14.0. The molecule has 0 aliphatic carbocycles. The zero-order valence-electron chi connectivity index (χ0n) is 14.0. The van der Waals surface area contributed by atoms with Crippen LogP contribution < -0.4 is 14.8 Å². The van der Waals surface area contributed by atoms with Crippen molar-refractivity contribution in [2.75, 3.05) is 25.6 Å². The van der Waals surface area contributed by atoms with E-state index in [0.717, 1.165) is 22.8 Å². The lowest BCUT2D eigenvalue weighted by molar-refractivity contribution is 0.200. The van der Waals surface area contributed by atoms with Crippen LogP contribution in [0.15, 0.2) is 24.4 Å². The highest BCUT2D eigenvalue weighted by molar-refractivity contribution is 5.88. The number of aryl methyl sites for hydroxylation is 2. The third-order valence-electron chi connectivity index (χ3n) is 3.84. The topological polar surface area (TPSA) is 76.6 Å². The van der Waals surface area contributed by atoms with Gasteiger partial charge >= 0.3 is 6.03 Å². The Balaban J connectivity index is 1.76. The molecule has 0 spiro atoms. The predicted molar refractivity (Wildman–Crippen MR) is 89.4 cm³/mol. The van der Waals surface area contributed by atoms with Gasteiger partial charge in [-0.1, -0.05) is 0 Å². The summed E-state index contributed by atoms with van der Waals surface area (Å²) in [6.07, 6.45) is 1.67. The number of nitrogens with one attached hydrogen (secondary N) is 1. The molecule has 7 heteroatoms. The van der Waals surface area contributed by atoms with Crippen LogP contribution in [0.25, 0.3) is 0 Å². The maximum Gasteiger partial charge on any atom is 0.323 e. The monoisotopic (exact) mass is 328 g/mol. The van der Waals surface area contributed by atoms with E-state index in [1.807, 2.05) is 32.0 Å². The molecule has 0 bridgehead atoms. The fourth-order valence-electron chi connectivity index (χ4n) is 2.49. The molecular formula is C17H20N4O3. The largest absolute Gasteiger partial charge is 0.497 e. The fraction of sp³-hybridized carbons (Fsp3) is 0.353. The summed E-state index contributed by atoms with van der Waals surface area (Å²) in [6, 6.07) is 5.40. The minimum absolute atomic E-state index is 0.217. The molecule has 2 heterocycles. The van der Waals surface area contributed by atoms with Gasteiger partial charge in [0.1, 0.15) is 18.1 Å². The number of urea groups is 1. The Labute approximate surface area is 140 Å². The van der Waals surface area contributed by atoms with E-state index in [0.29, 0.717) is 31.2 Å². The van der Waals surface area contributed by atoms with Crippen LogP contribution in [-0.4, -0.2) is 41.2 Å². The van der Waals surface area contributed by atoms with E-state index in [1.165, 1.54) is 0 Å². The van der Waals surface area contributed by atoms with E-state index in [2.05, 4.69) is 15.3 Å². The molecule has 1 aliphatic heterocycles. The number of benzene rings is 1. The average molecular weight is 328 g/mol. The lowest BCUT2D eigenvalue weighted by atomic mass is 10.2. The summed E-state index contributed by atoms with van der Waals surface area (Å²) in [5.74, 6) is 1.97. The molecule has 0 saturated carbocycles. The first kappa shape index (κ1) is 16.0. The summed E-state index contributed by atoms with van der Waals surface area (Å²) in [5, 5.41) is 2.84. The second kappa shape index (κ2) is 6.74. The quantitative estimate of drug-likeness (QED) is 0.917. The number of rotatable bonds is 2. The number of amides is 2. The van der Waals surface area contributed by atoms with Gasteiger partial charge in [0.05, 0.1) is 31.6 Å². The van der Waals surface area contributed by atoms with Gasteiger partial charge in [0.25, 0.3) is 0 Å². The lowest BCUT2D eigenvalue weighted by Crippen LogP contribution is -2.36. The molecule has 0 fully saturated rings. The van der Waals surface area contributed by atoms with Crippen LogP contribution in [0.4, 0.5) is 10.6 Å². The molecule has 0 saturated heterocycles. The van der Waals surface area contributed by atoms with E-state index in [4.69, 9.17) is 9.47 Å². The van der Waals surface area contributed by atoms with Crippen molar-refractivity contribution in [3.63, 3.8) is 0 Å². The van der Waals surface area contributed by atoms with Crippen molar-refractivity contribution in [2.45, 2.75) is 20.4 Å². The van der Waals surface area contributed by atoms with Crippen LogP contribution in [-0.2, 0) is 6.54 Å². The molecule has 0 unspecified atom stereocenters. The number of methoxy groups -OCH3 is 1. The van der Waals surface area contributed by atoms with Gasteiger partial charge in [-0.25, -0.2) is 9.78 Å². The molecule has 0 atom stereocenters. The molecule has 3 rings (SSSR count). The predicted octanol–water partition coefficient (Wildman–Crippen LogP) is 2.53. The number of nitrogens with zero attached hydrogens (tertiary/aromatic N) is 3. The highest BCUT2D eigenvalue weighted by Crippen LogP contribution is 2.28. The second-order valence-corrected chi connectivity index (χ2v) is 5.62. The normalized spacial score (nSPS) is 13.5. The number of ether oxygens (including phenoxy) is 2. The second-order valence-electron chi connectivity index (χ2n) is 5.62. The summed E-state index contributed by atoms with van der Waals surface area (Å²) in [7, 11) is 1.61. The van der Waals surface area contributed by atoms with Gasteiger partial charge < -0.3 is 14.4 Å². The highest BCUT2D eigenvalue weighted by Gasteiger charge is 2.21. The number of anilines is 1. The molecule has 126 valence electrons. The number of carbonyl (C=O) groups is 1. The van der Waals surface area contributed by atoms with E-state index < -0.39 is 0 Å². The standard InChI is InChI=1S/C17H20N4O3/c1-11-9-18-12(2)16(19-11)20-17(22)21-6-7-24-15-8-14(23-3)5-4-13(15)10-21/h4-5,8-9H,6-7,10H2,1-3H3,(H,19,20,22). The third kappa shape index (κ3) is 3.40. The number of hydrogen-bond acceptors (Lipinski definition) is 5. The van der Waals surface area contributed by atoms with E-state index in [9.17, 15) is 4.79 Å². The van der Waals surface area contributed by atoms with Crippen molar-refractivity contribution in [2.24, 2.45) is 0 Å². The van der Waals surface area contributed by atoms with Gasteiger partial charge in [0.15, 0.2) is 5.82 Å². The van der Waals surface area contributed by atoms with Crippen LogP contribution in [0.3, 0.4) is 0 Å². The SMILES string of the molecule is COc1ccc2c(c1)OCCN(C(=O)Nc1nc(C)cnc1C)C2. The third-order valence-corrected chi connectivity index (χ3v) is 3.84. The fourth-order valence-corrected chi connectivity index (χ4v) is 2.49. The van der Waals surface area contributed by atoms with Gasteiger partial charge in [-0.2, -0.15) is 0 Å². The minimum Gasteiger partial charge on any atom is -0.497 e. The van der Waals surface area contributed by atoms with Crippen LogP contribution in [0, 0.1) is 13.8 Å². The summed E-state index contributed by atoms with van der Waals surface area (Å²) in [4.78, 5) is 22.8.